The number of nitrogens with two attached hydrogens (primary N) is 1. The molecule has 2 N–H and O–H groups in total. The number of hydrogen-bond acceptors (Lipinski definition) is 5. The summed E-state index contributed by atoms with van der Waals surface area (Å²) in [7, 11) is 1.54. The summed E-state index contributed by atoms with van der Waals surface area (Å²) in [5.41, 5.74) is 6.42. The molecule has 0 bridgehead atoms. The average Bonchev–Trinajstić information content (AvgIpc) is 2.72. The molecule has 150 valence electrons. The monoisotopic (exact) mass is 391 g/mol. The zero-order valence-electron chi connectivity index (χ0n) is 16.9. The molecule has 1 unspecified atom stereocenters. The molecule has 3 aromatic carbocycles. The van der Waals surface area contributed by atoms with Gasteiger partial charge < -0.3 is 15.2 Å². The Morgan fingerprint density at radius 1 is 0.966 bits per heavy atom. The molecule has 0 saturated carbocycles. The number of ether oxygens (including phenoxy) is 2. The Labute approximate surface area is 170 Å². The summed E-state index contributed by atoms with van der Waals surface area (Å²) in [4.78, 5) is 25.3. The van der Waals surface area contributed by atoms with Gasteiger partial charge in [-0.1, -0.05) is 55.5 Å². The first-order valence-corrected chi connectivity index (χ1v) is 9.59. The highest BCUT2D eigenvalue weighted by atomic mass is 16.5. The lowest BCUT2D eigenvalue weighted by Crippen LogP contribution is -2.46. The normalized spacial score (nSPS) is 13.0. The summed E-state index contributed by atoms with van der Waals surface area (Å²) in [6, 6.07) is 18.3. The number of hydrogen-bond donors (Lipinski definition) is 1. The Morgan fingerprint density at radius 3 is 2.34 bits per heavy atom. The summed E-state index contributed by atoms with van der Waals surface area (Å²) in [6.45, 7) is 3.25. The maximum atomic E-state index is 13.5. The number of benzene rings is 3. The highest BCUT2D eigenvalue weighted by Crippen LogP contribution is 2.43. The van der Waals surface area contributed by atoms with E-state index < -0.39 is 11.5 Å². The van der Waals surface area contributed by atoms with E-state index in [1.165, 1.54) is 6.92 Å². The van der Waals surface area contributed by atoms with Gasteiger partial charge in [-0.3, -0.25) is 9.59 Å². The molecule has 0 amide bonds. The van der Waals surface area contributed by atoms with E-state index in [1.54, 1.807) is 25.3 Å². The number of carbonyl (C=O) groups excluding carboxylic acids is 2. The molecule has 29 heavy (non-hydrogen) atoms. The van der Waals surface area contributed by atoms with E-state index in [-0.39, 0.29) is 18.0 Å². The lowest BCUT2D eigenvalue weighted by atomic mass is 9.76. The van der Waals surface area contributed by atoms with Gasteiger partial charge in [0.25, 0.3) is 0 Å². The average molecular weight is 391 g/mol. The van der Waals surface area contributed by atoms with Crippen molar-refractivity contribution in [3.05, 3.63) is 71.8 Å². The van der Waals surface area contributed by atoms with Crippen LogP contribution in [-0.4, -0.2) is 18.9 Å². The van der Waals surface area contributed by atoms with Crippen LogP contribution in [0.25, 0.3) is 10.8 Å². The third-order valence-electron chi connectivity index (χ3n) is 4.99. The number of rotatable bonds is 7. The van der Waals surface area contributed by atoms with Gasteiger partial charge in [0.05, 0.1) is 7.11 Å². The zero-order chi connectivity index (χ0) is 21.0. The first-order chi connectivity index (χ1) is 13.9. The van der Waals surface area contributed by atoms with E-state index in [0.29, 0.717) is 23.3 Å². The summed E-state index contributed by atoms with van der Waals surface area (Å²) in [6.07, 6.45) is 0.915. The fraction of sp³-hybridized carbons (Fsp3) is 0.250. The molecule has 0 aliphatic heterocycles. The van der Waals surface area contributed by atoms with Crippen LogP contribution in [0.4, 0.5) is 0 Å². The standard InChI is InChI=1S/C24H25NO4/c1-4-9-22(27)24(25,19-12-7-8-13-20(19)28-3)23-18-11-6-5-10-17(18)14-15-21(23)29-16(2)26/h5-8,10-15H,4,9,25H2,1-3H3. The molecule has 5 heteroatoms. The number of Topliss-reactive ketones (excluding diaryl/α,β-unsaturated/α-hetero) is 1. The van der Waals surface area contributed by atoms with Gasteiger partial charge in [0.2, 0.25) is 0 Å². The maximum absolute atomic E-state index is 13.5. The summed E-state index contributed by atoms with van der Waals surface area (Å²) in [5.74, 6) is 0.122. The first kappa shape index (κ1) is 20.6. The van der Waals surface area contributed by atoms with E-state index in [9.17, 15) is 9.59 Å². The number of ketones is 1. The Bertz CT molecular complexity index is 1060. The molecule has 0 saturated heterocycles. The molecule has 0 aromatic heterocycles. The molecule has 3 rings (SSSR count). The van der Waals surface area contributed by atoms with Gasteiger partial charge in [-0.2, -0.15) is 0 Å². The van der Waals surface area contributed by atoms with Crippen LogP contribution in [0.2, 0.25) is 0 Å². The third-order valence-corrected chi connectivity index (χ3v) is 4.99. The van der Waals surface area contributed by atoms with Crippen LogP contribution in [0.3, 0.4) is 0 Å². The molecule has 5 nitrogen and oxygen atoms in total. The van der Waals surface area contributed by atoms with Crippen molar-refractivity contribution in [3.63, 3.8) is 0 Å². The predicted molar refractivity (Wildman–Crippen MR) is 113 cm³/mol. The molecule has 3 aromatic rings. The van der Waals surface area contributed by atoms with Crippen molar-refractivity contribution < 1.29 is 19.1 Å². The van der Waals surface area contributed by atoms with E-state index in [0.717, 1.165) is 10.8 Å². The van der Waals surface area contributed by atoms with Gasteiger partial charge in [-0.15, -0.1) is 0 Å². The molecular formula is C24H25NO4. The smallest absolute Gasteiger partial charge is 0.308 e. The highest BCUT2D eigenvalue weighted by Gasteiger charge is 2.43. The second kappa shape index (κ2) is 8.45. The molecule has 0 fully saturated rings. The molecular weight excluding hydrogens is 366 g/mol. The topological polar surface area (TPSA) is 78.6 Å². The minimum atomic E-state index is -1.55. The van der Waals surface area contributed by atoms with E-state index in [2.05, 4.69) is 0 Å². The van der Waals surface area contributed by atoms with Gasteiger partial charge in [0.1, 0.15) is 17.0 Å². The first-order valence-electron chi connectivity index (χ1n) is 9.59. The fourth-order valence-corrected chi connectivity index (χ4v) is 3.72. The number of methoxy groups -OCH3 is 1. The second-order valence-corrected chi connectivity index (χ2v) is 6.93. The predicted octanol–water partition coefficient (Wildman–Crippen LogP) is 4.35. The molecule has 0 aliphatic carbocycles. The van der Waals surface area contributed by atoms with E-state index in [1.807, 2.05) is 49.4 Å². The van der Waals surface area contributed by atoms with E-state index >= 15 is 0 Å². The number of carbonyl (C=O) groups is 2. The summed E-state index contributed by atoms with van der Waals surface area (Å²) < 4.78 is 11.0. The number of esters is 1. The van der Waals surface area contributed by atoms with Crippen LogP contribution >= 0.6 is 0 Å². The Hall–Kier alpha value is -3.18. The van der Waals surface area contributed by atoms with Gasteiger partial charge in [-0.25, -0.2) is 0 Å². The SMILES string of the molecule is CCCC(=O)C(N)(c1ccccc1OC)c1c(OC(C)=O)ccc2ccccc12. The van der Waals surface area contributed by atoms with Crippen molar-refractivity contribution in [3.8, 4) is 11.5 Å². The molecule has 1 atom stereocenters. The van der Waals surface area contributed by atoms with Crippen molar-refractivity contribution >= 4 is 22.5 Å². The maximum Gasteiger partial charge on any atom is 0.308 e. The van der Waals surface area contributed by atoms with Crippen LogP contribution in [0.1, 0.15) is 37.8 Å². The highest BCUT2D eigenvalue weighted by molar-refractivity contribution is 6.01. The van der Waals surface area contributed by atoms with Crippen molar-refractivity contribution in [1.29, 1.82) is 0 Å². The van der Waals surface area contributed by atoms with Crippen LogP contribution in [-0.2, 0) is 15.1 Å². The largest absolute Gasteiger partial charge is 0.496 e. The Balaban J connectivity index is 2.44. The second-order valence-electron chi connectivity index (χ2n) is 6.93. The van der Waals surface area contributed by atoms with Crippen LogP contribution in [0, 0.1) is 0 Å². The minimum Gasteiger partial charge on any atom is -0.496 e. The molecule has 0 radical (unpaired) electrons. The van der Waals surface area contributed by atoms with Crippen molar-refractivity contribution in [2.24, 2.45) is 5.73 Å². The van der Waals surface area contributed by atoms with Gasteiger partial charge in [0, 0.05) is 24.5 Å². The van der Waals surface area contributed by atoms with Gasteiger partial charge in [-0.05, 0) is 29.3 Å². The van der Waals surface area contributed by atoms with Crippen LogP contribution < -0.4 is 15.2 Å². The van der Waals surface area contributed by atoms with E-state index in [4.69, 9.17) is 15.2 Å². The minimum absolute atomic E-state index is 0.172. The van der Waals surface area contributed by atoms with Crippen molar-refractivity contribution in [2.75, 3.05) is 7.11 Å². The van der Waals surface area contributed by atoms with Crippen LogP contribution in [0.15, 0.2) is 60.7 Å². The quantitative estimate of drug-likeness (QED) is 0.479. The Morgan fingerprint density at radius 2 is 1.66 bits per heavy atom. The number of fused-ring (bicyclic) bond motifs is 1. The zero-order valence-corrected chi connectivity index (χ0v) is 16.9. The molecule has 0 aliphatic rings. The van der Waals surface area contributed by atoms with Crippen molar-refractivity contribution in [1.82, 2.24) is 0 Å². The lowest BCUT2D eigenvalue weighted by Gasteiger charge is -2.33. The molecule has 0 heterocycles. The van der Waals surface area contributed by atoms with Gasteiger partial charge in [0.15, 0.2) is 5.78 Å². The third kappa shape index (κ3) is 3.74. The Kier molecular flexibility index (Phi) is 5.99. The fourth-order valence-electron chi connectivity index (χ4n) is 3.72. The number of para-hydroxylation sites is 1. The lowest BCUT2D eigenvalue weighted by molar-refractivity contribution is -0.132. The summed E-state index contributed by atoms with van der Waals surface area (Å²) in [5, 5.41) is 1.65. The summed E-state index contributed by atoms with van der Waals surface area (Å²) >= 11 is 0. The van der Waals surface area contributed by atoms with Crippen molar-refractivity contribution in [2.45, 2.75) is 32.2 Å². The van der Waals surface area contributed by atoms with Gasteiger partial charge >= 0.3 is 5.97 Å². The molecule has 0 spiro atoms. The van der Waals surface area contributed by atoms with Crippen LogP contribution in [0.5, 0.6) is 11.5 Å².